The van der Waals surface area contributed by atoms with Crippen LogP contribution in [0.3, 0.4) is 0 Å². The second kappa shape index (κ2) is 4.51. The van der Waals surface area contributed by atoms with E-state index in [1.54, 1.807) is 0 Å². The van der Waals surface area contributed by atoms with E-state index in [0.717, 1.165) is 42.1 Å². The van der Waals surface area contributed by atoms with E-state index in [1.807, 2.05) is 0 Å². The highest BCUT2D eigenvalue weighted by atomic mass is 32.2. The van der Waals surface area contributed by atoms with Crippen LogP contribution in [0.4, 0.5) is 5.82 Å². The average Bonchev–Trinajstić information content (AvgIpc) is 3.15. The Morgan fingerprint density at radius 2 is 2.09 bits per heavy atom. The van der Waals surface area contributed by atoms with Crippen molar-refractivity contribution in [3.8, 4) is 0 Å². The number of rotatable bonds is 3. The van der Waals surface area contributed by atoms with Crippen molar-refractivity contribution in [2.75, 3.05) is 11.9 Å². The lowest BCUT2D eigenvalue weighted by Gasteiger charge is -2.41. The summed E-state index contributed by atoms with van der Waals surface area (Å²) in [6.07, 6.45) is 3.98. The number of aliphatic hydroxyl groups is 1. The molecule has 4 rings (SSSR count). The lowest BCUT2D eigenvalue weighted by molar-refractivity contribution is 0.143. The molecule has 0 aromatic carbocycles. The minimum absolute atomic E-state index is 0.0934. The second-order valence-corrected chi connectivity index (χ2v) is 9.56. The molecule has 2 saturated carbocycles. The first-order valence-corrected chi connectivity index (χ1v) is 9.28. The van der Waals surface area contributed by atoms with Crippen molar-refractivity contribution < 1.29 is 9.32 Å². The first-order valence-electron chi connectivity index (χ1n) is 8.07. The Hall–Kier alpha value is -1.01. The van der Waals surface area contributed by atoms with Crippen LogP contribution in [0.25, 0.3) is 0 Å². The summed E-state index contributed by atoms with van der Waals surface area (Å²) in [6, 6.07) is 0. The van der Waals surface area contributed by atoms with E-state index in [1.165, 1.54) is 0 Å². The zero-order valence-corrected chi connectivity index (χ0v) is 14.2. The first-order chi connectivity index (χ1) is 10.3. The van der Waals surface area contributed by atoms with Gasteiger partial charge in [-0.25, -0.2) is 9.97 Å². The van der Waals surface area contributed by atoms with E-state index in [4.69, 9.17) is 9.97 Å². The summed E-state index contributed by atoms with van der Waals surface area (Å²) in [5, 5.41) is 13.4. The third kappa shape index (κ3) is 2.03. The van der Waals surface area contributed by atoms with E-state index in [9.17, 15) is 9.32 Å². The zero-order valence-electron chi connectivity index (χ0n) is 13.3. The Kier molecular flexibility index (Phi) is 2.99. The van der Waals surface area contributed by atoms with Crippen molar-refractivity contribution in [1.82, 2.24) is 9.97 Å². The number of fused-ring (bicyclic) bond motifs is 3. The maximum Gasteiger partial charge on any atom is 0.146 e. The SMILES string of the molecule is CC(C)(C)c1nc(NC2(CO)CCC2)c2c(n1)C1CC1S2=O. The highest BCUT2D eigenvalue weighted by Gasteiger charge is 2.54. The van der Waals surface area contributed by atoms with Gasteiger partial charge in [0.15, 0.2) is 0 Å². The van der Waals surface area contributed by atoms with Gasteiger partial charge in [0.2, 0.25) is 0 Å². The van der Waals surface area contributed by atoms with Crippen molar-refractivity contribution in [2.24, 2.45) is 0 Å². The van der Waals surface area contributed by atoms with E-state index >= 15 is 0 Å². The zero-order chi connectivity index (χ0) is 15.7. The van der Waals surface area contributed by atoms with Gasteiger partial charge in [-0.2, -0.15) is 0 Å². The monoisotopic (exact) mass is 321 g/mol. The van der Waals surface area contributed by atoms with Crippen LogP contribution >= 0.6 is 0 Å². The molecule has 6 heteroatoms. The maximum absolute atomic E-state index is 12.6. The van der Waals surface area contributed by atoms with Crippen molar-refractivity contribution in [2.45, 2.75) is 73.5 Å². The van der Waals surface area contributed by atoms with Crippen LogP contribution in [-0.4, -0.2) is 36.7 Å². The van der Waals surface area contributed by atoms with Gasteiger partial charge >= 0.3 is 0 Å². The third-order valence-corrected chi connectivity index (χ3v) is 6.99. The Morgan fingerprint density at radius 1 is 1.36 bits per heavy atom. The number of nitrogens with one attached hydrogen (secondary N) is 1. The fourth-order valence-corrected chi connectivity index (χ4v) is 5.16. The molecule has 1 aromatic rings. The Balaban J connectivity index is 1.81. The van der Waals surface area contributed by atoms with Crippen molar-refractivity contribution in [3.05, 3.63) is 11.5 Å². The maximum atomic E-state index is 12.6. The van der Waals surface area contributed by atoms with Crippen LogP contribution in [0.1, 0.15) is 63.9 Å². The standard InChI is InChI=1S/C16H23N3O2S/c1-15(2,3)14-17-11-9-7-10(9)22(21)12(11)13(18-14)19-16(8-20)5-4-6-16/h9-10,20H,4-8H2,1-3H3,(H,17,18,19). The molecule has 22 heavy (non-hydrogen) atoms. The second-order valence-electron chi connectivity index (χ2n) is 7.96. The number of aromatic nitrogens is 2. The van der Waals surface area contributed by atoms with Crippen molar-refractivity contribution in [3.63, 3.8) is 0 Å². The van der Waals surface area contributed by atoms with Crippen LogP contribution in [0.2, 0.25) is 0 Å². The van der Waals surface area contributed by atoms with Gasteiger partial charge in [-0.1, -0.05) is 20.8 Å². The number of aliphatic hydroxyl groups excluding tert-OH is 1. The van der Waals surface area contributed by atoms with Gasteiger partial charge in [-0.05, 0) is 25.7 Å². The molecular weight excluding hydrogens is 298 g/mol. The van der Waals surface area contributed by atoms with Crippen molar-refractivity contribution >= 4 is 16.6 Å². The topological polar surface area (TPSA) is 75.1 Å². The van der Waals surface area contributed by atoms with Crippen LogP contribution < -0.4 is 5.32 Å². The van der Waals surface area contributed by atoms with Crippen LogP contribution in [0.15, 0.2) is 4.90 Å². The average molecular weight is 321 g/mol. The minimum atomic E-state index is -0.999. The molecular formula is C16H23N3O2S. The van der Waals surface area contributed by atoms with E-state index in [0.29, 0.717) is 11.7 Å². The van der Waals surface area contributed by atoms with Gasteiger partial charge < -0.3 is 10.4 Å². The molecule has 0 bridgehead atoms. The predicted octanol–water partition coefficient (Wildman–Crippen LogP) is 2.08. The molecule has 0 amide bonds. The van der Waals surface area contributed by atoms with Gasteiger partial charge in [0.1, 0.15) is 16.5 Å². The number of hydrogen-bond donors (Lipinski definition) is 2. The molecule has 3 unspecified atom stereocenters. The number of anilines is 1. The molecule has 0 spiro atoms. The summed E-state index contributed by atoms with van der Waals surface area (Å²) in [6.45, 7) is 6.38. The third-order valence-electron chi connectivity index (χ3n) is 5.12. The lowest BCUT2D eigenvalue weighted by atomic mass is 9.77. The van der Waals surface area contributed by atoms with Gasteiger partial charge in [-0.15, -0.1) is 0 Å². The molecule has 2 aliphatic carbocycles. The molecule has 0 saturated heterocycles. The summed E-state index contributed by atoms with van der Waals surface area (Å²) in [5.41, 5.74) is 0.554. The van der Waals surface area contributed by atoms with E-state index in [-0.39, 0.29) is 22.8 Å². The van der Waals surface area contributed by atoms with Gasteiger partial charge in [0.05, 0.1) is 28.6 Å². The normalized spacial score (nSPS) is 31.2. The van der Waals surface area contributed by atoms with E-state index < -0.39 is 10.8 Å². The molecule has 1 aliphatic heterocycles. The summed E-state index contributed by atoms with van der Waals surface area (Å²) in [5.74, 6) is 1.85. The van der Waals surface area contributed by atoms with Crippen LogP contribution in [0.5, 0.6) is 0 Å². The van der Waals surface area contributed by atoms with E-state index in [2.05, 4.69) is 26.1 Å². The molecule has 2 N–H and O–H groups in total. The van der Waals surface area contributed by atoms with Gasteiger partial charge in [0, 0.05) is 16.6 Å². The fraction of sp³-hybridized carbons (Fsp3) is 0.750. The highest BCUT2D eigenvalue weighted by molar-refractivity contribution is 7.86. The summed E-state index contributed by atoms with van der Waals surface area (Å²) < 4.78 is 12.6. The lowest BCUT2D eigenvalue weighted by Crippen LogP contribution is -2.49. The molecule has 2 fully saturated rings. The number of nitrogens with zero attached hydrogens (tertiary/aromatic N) is 2. The smallest absolute Gasteiger partial charge is 0.146 e. The molecule has 3 aliphatic rings. The Morgan fingerprint density at radius 3 is 2.64 bits per heavy atom. The van der Waals surface area contributed by atoms with Gasteiger partial charge in [-0.3, -0.25) is 4.21 Å². The Labute approximate surface area is 133 Å². The predicted molar refractivity (Wildman–Crippen MR) is 85.6 cm³/mol. The van der Waals surface area contributed by atoms with Crippen LogP contribution in [0, 0.1) is 0 Å². The quantitative estimate of drug-likeness (QED) is 0.891. The minimum Gasteiger partial charge on any atom is -0.394 e. The summed E-state index contributed by atoms with van der Waals surface area (Å²) in [7, 11) is -0.999. The van der Waals surface area contributed by atoms with Gasteiger partial charge in [0.25, 0.3) is 0 Å². The molecule has 120 valence electrons. The summed E-state index contributed by atoms with van der Waals surface area (Å²) >= 11 is 0. The molecule has 5 nitrogen and oxygen atoms in total. The Bertz CT molecular complexity index is 659. The fourth-order valence-electron chi connectivity index (χ4n) is 3.36. The molecule has 2 heterocycles. The highest BCUT2D eigenvalue weighted by Crippen LogP contribution is 2.56. The van der Waals surface area contributed by atoms with Crippen LogP contribution in [-0.2, 0) is 16.2 Å². The molecule has 0 radical (unpaired) electrons. The molecule has 3 atom stereocenters. The largest absolute Gasteiger partial charge is 0.394 e. The first kappa shape index (κ1) is 14.6. The number of hydrogen-bond acceptors (Lipinski definition) is 5. The summed E-state index contributed by atoms with van der Waals surface area (Å²) in [4.78, 5) is 10.3. The van der Waals surface area contributed by atoms with Crippen molar-refractivity contribution in [1.29, 1.82) is 0 Å². The molecule has 1 aromatic heterocycles.